The van der Waals surface area contributed by atoms with Gasteiger partial charge in [-0.2, -0.15) is 0 Å². The Kier molecular flexibility index (Phi) is 7.38. The SMILES string of the molecule is CN1C(=O)C(c2ccc(OCc3ccc(Cl)c(Cl)c3)cc2)Oc2cc3c(cc21)CC(C(=O)O)N(C1CCCC1)C3. The first-order valence-electron chi connectivity index (χ1n) is 13.5. The van der Waals surface area contributed by atoms with Crippen molar-refractivity contribution in [3.63, 3.8) is 0 Å². The van der Waals surface area contributed by atoms with E-state index in [2.05, 4.69) is 4.90 Å². The summed E-state index contributed by atoms with van der Waals surface area (Å²) in [7, 11) is 1.74. The Balaban J connectivity index is 1.20. The maximum absolute atomic E-state index is 13.4. The van der Waals surface area contributed by atoms with E-state index in [1.54, 1.807) is 24.1 Å². The summed E-state index contributed by atoms with van der Waals surface area (Å²) < 4.78 is 12.2. The number of carboxylic acid groups (broad SMARTS) is 1. The van der Waals surface area contributed by atoms with Crippen LogP contribution in [0.2, 0.25) is 10.0 Å². The number of fused-ring (bicyclic) bond motifs is 2. The molecule has 0 saturated heterocycles. The Morgan fingerprint density at radius 1 is 1.02 bits per heavy atom. The van der Waals surface area contributed by atoms with Crippen LogP contribution in [0, 0.1) is 0 Å². The fraction of sp³-hybridized carbons (Fsp3) is 0.355. The highest BCUT2D eigenvalue weighted by molar-refractivity contribution is 6.42. The number of ether oxygens (including phenoxy) is 2. The van der Waals surface area contributed by atoms with Gasteiger partial charge in [-0.3, -0.25) is 14.5 Å². The van der Waals surface area contributed by atoms with E-state index in [9.17, 15) is 14.7 Å². The molecule has 40 heavy (non-hydrogen) atoms. The third-order valence-corrected chi connectivity index (χ3v) is 9.00. The number of hydrogen-bond donors (Lipinski definition) is 1. The summed E-state index contributed by atoms with van der Waals surface area (Å²) in [5.74, 6) is 0.308. The topological polar surface area (TPSA) is 79.3 Å². The molecule has 1 amide bonds. The molecule has 6 rings (SSSR count). The van der Waals surface area contributed by atoms with Crippen molar-refractivity contribution < 1.29 is 24.2 Å². The average Bonchev–Trinajstić information content (AvgIpc) is 3.49. The minimum Gasteiger partial charge on any atom is -0.489 e. The maximum Gasteiger partial charge on any atom is 0.321 e. The molecule has 3 aromatic rings. The van der Waals surface area contributed by atoms with Gasteiger partial charge in [0.25, 0.3) is 5.91 Å². The van der Waals surface area contributed by atoms with Crippen LogP contribution in [0.25, 0.3) is 0 Å². The quantitative estimate of drug-likeness (QED) is 0.362. The van der Waals surface area contributed by atoms with Crippen LogP contribution in [0.4, 0.5) is 5.69 Å². The third kappa shape index (κ3) is 5.14. The largest absolute Gasteiger partial charge is 0.489 e. The number of amides is 1. The van der Waals surface area contributed by atoms with Gasteiger partial charge in [0.1, 0.15) is 24.1 Å². The van der Waals surface area contributed by atoms with Crippen LogP contribution in [0.1, 0.15) is 54.0 Å². The molecule has 0 radical (unpaired) electrons. The van der Waals surface area contributed by atoms with Gasteiger partial charge >= 0.3 is 5.97 Å². The van der Waals surface area contributed by atoms with Crippen molar-refractivity contribution in [2.24, 2.45) is 0 Å². The molecular formula is C31H30Cl2N2O5. The number of nitrogens with zero attached hydrogens (tertiary/aromatic N) is 2. The molecule has 1 saturated carbocycles. The van der Waals surface area contributed by atoms with Crippen LogP contribution in [-0.2, 0) is 29.2 Å². The molecule has 1 fully saturated rings. The summed E-state index contributed by atoms with van der Waals surface area (Å²) in [6.45, 7) is 0.901. The number of rotatable bonds is 6. The molecule has 1 aliphatic carbocycles. The van der Waals surface area contributed by atoms with Gasteiger partial charge in [0, 0.05) is 25.2 Å². The third-order valence-electron chi connectivity index (χ3n) is 8.26. The molecule has 3 aliphatic rings. The molecular weight excluding hydrogens is 551 g/mol. The van der Waals surface area contributed by atoms with E-state index < -0.39 is 18.1 Å². The first-order valence-corrected chi connectivity index (χ1v) is 14.3. The summed E-state index contributed by atoms with van der Waals surface area (Å²) in [4.78, 5) is 29.3. The van der Waals surface area contributed by atoms with Crippen LogP contribution in [0.5, 0.6) is 11.5 Å². The Hall–Kier alpha value is -3.26. The number of hydrogen-bond acceptors (Lipinski definition) is 5. The van der Waals surface area contributed by atoms with Gasteiger partial charge in [0.05, 0.1) is 15.7 Å². The van der Waals surface area contributed by atoms with Crippen molar-refractivity contribution in [1.82, 2.24) is 4.90 Å². The molecule has 0 aromatic heterocycles. The summed E-state index contributed by atoms with van der Waals surface area (Å²) in [5, 5.41) is 10.9. The first kappa shape index (κ1) is 26.9. The number of carbonyl (C=O) groups excluding carboxylic acids is 1. The lowest BCUT2D eigenvalue weighted by Gasteiger charge is -2.40. The lowest BCUT2D eigenvalue weighted by Crippen LogP contribution is -2.50. The minimum atomic E-state index is -0.791. The van der Waals surface area contributed by atoms with Crippen LogP contribution < -0.4 is 14.4 Å². The number of carbonyl (C=O) groups is 2. The van der Waals surface area contributed by atoms with Gasteiger partial charge in [-0.05, 0) is 72.4 Å². The highest BCUT2D eigenvalue weighted by atomic mass is 35.5. The molecule has 0 bridgehead atoms. The monoisotopic (exact) mass is 580 g/mol. The van der Waals surface area contributed by atoms with Crippen molar-refractivity contribution in [2.75, 3.05) is 11.9 Å². The summed E-state index contributed by atoms with van der Waals surface area (Å²) in [5.41, 5.74) is 4.31. The number of aliphatic carboxylic acids is 1. The second-order valence-corrected chi connectivity index (χ2v) is 11.6. The number of likely N-dealkylation sites (N-methyl/N-ethyl adjacent to an activating group) is 1. The lowest BCUT2D eigenvalue weighted by atomic mass is 9.90. The first-order chi connectivity index (χ1) is 19.3. The van der Waals surface area contributed by atoms with Gasteiger partial charge in [-0.25, -0.2) is 0 Å². The van der Waals surface area contributed by atoms with Crippen molar-refractivity contribution in [1.29, 1.82) is 0 Å². The van der Waals surface area contributed by atoms with Gasteiger partial charge in [0.15, 0.2) is 0 Å². The highest BCUT2D eigenvalue weighted by Crippen LogP contribution is 2.43. The van der Waals surface area contributed by atoms with Crippen molar-refractivity contribution in [2.45, 2.75) is 63.4 Å². The molecule has 2 atom stereocenters. The molecule has 7 nitrogen and oxygen atoms in total. The van der Waals surface area contributed by atoms with Crippen LogP contribution in [-0.4, -0.2) is 41.0 Å². The summed E-state index contributed by atoms with van der Waals surface area (Å²) in [6.07, 6.45) is 3.98. The molecule has 2 heterocycles. The fourth-order valence-electron chi connectivity index (χ4n) is 6.05. The Morgan fingerprint density at radius 3 is 2.48 bits per heavy atom. The van der Waals surface area contributed by atoms with Crippen LogP contribution >= 0.6 is 23.2 Å². The van der Waals surface area contributed by atoms with E-state index in [1.807, 2.05) is 42.5 Å². The van der Waals surface area contributed by atoms with Crippen LogP contribution in [0.15, 0.2) is 54.6 Å². The molecule has 9 heteroatoms. The molecule has 2 unspecified atom stereocenters. The molecule has 3 aromatic carbocycles. The second kappa shape index (κ2) is 11.0. The standard InChI is InChI=1S/C31H30Cl2N2O5/c1-34-26-13-20-14-27(31(37)38)35(22-4-2-3-5-22)16-21(20)15-28(26)40-29(30(34)36)19-7-9-23(10-8-19)39-17-18-6-11-24(32)25(33)12-18/h6-13,15,22,27,29H,2-5,14,16-17H2,1H3,(H,37,38). The van der Waals surface area contributed by atoms with Crippen molar-refractivity contribution in [3.05, 3.63) is 86.9 Å². The normalized spacial score (nSPS) is 21.1. The van der Waals surface area contributed by atoms with E-state index in [1.165, 1.54) is 0 Å². The van der Waals surface area contributed by atoms with E-state index in [4.69, 9.17) is 32.7 Å². The van der Waals surface area contributed by atoms with Gasteiger partial charge in [-0.1, -0.05) is 54.2 Å². The van der Waals surface area contributed by atoms with Gasteiger partial charge in [0.2, 0.25) is 6.10 Å². The Labute approximate surface area is 243 Å². The van der Waals surface area contributed by atoms with E-state index in [-0.39, 0.29) is 5.91 Å². The number of anilines is 1. The Morgan fingerprint density at radius 2 is 1.77 bits per heavy atom. The second-order valence-electron chi connectivity index (χ2n) is 10.8. The number of benzene rings is 3. The van der Waals surface area contributed by atoms with Gasteiger partial charge < -0.3 is 19.5 Å². The average molecular weight is 581 g/mol. The van der Waals surface area contributed by atoms with Crippen molar-refractivity contribution in [3.8, 4) is 11.5 Å². The molecule has 1 N–H and O–H groups in total. The fourth-order valence-corrected chi connectivity index (χ4v) is 6.37. The van der Waals surface area contributed by atoms with Gasteiger partial charge in [-0.15, -0.1) is 0 Å². The van der Waals surface area contributed by atoms with E-state index in [0.29, 0.717) is 52.8 Å². The number of halogens is 2. The molecule has 0 spiro atoms. The zero-order valence-corrected chi connectivity index (χ0v) is 23.6. The molecule has 208 valence electrons. The Bertz CT molecular complexity index is 1450. The van der Waals surface area contributed by atoms with E-state index in [0.717, 1.165) is 47.9 Å². The number of carboxylic acids is 1. The predicted octanol–water partition coefficient (Wildman–Crippen LogP) is 6.42. The van der Waals surface area contributed by atoms with Crippen molar-refractivity contribution >= 4 is 40.8 Å². The minimum absolute atomic E-state index is 0.185. The zero-order valence-electron chi connectivity index (χ0n) is 22.1. The lowest BCUT2D eigenvalue weighted by molar-refractivity contribution is -0.145. The zero-order chi connectivity index (χ0) is 28.0. The predicted molar refractivity (Wildman–Crippen MR) is 153 cm³/mol. The summed E-state index contributed by atoms with van der Waals surface area (Å²) >= 11 is 12.1. The van der Waals surface area contributed by atoms with Crippen LogP contribution in [0.3, 0.4) is 0 Å². The maximum atomic E-state index is 13.4. The highest BCUT2D eigenvalue weighted by Gasteiger charge is 2.39. The molecule has 2 aliphatic heterocycles. The van der Waals surface area contributed by atoms with E-state index >= 15 is 0 Å². The smallest absolute Gasteiger partial charge is 0.321 e. The summed E-state index contributed by atoms with van der Waals surface area (Å²) in [6, 6.07) is 16.3.